The number of aryl methyl sites for hydroxylation is 1. The molecule has 0 aromatic carbocycles. The first-order chi connectivity index (χ1) is 11.2. The van der Waals surface area contributed by atoms with Crippen LogP contribution in [0.25, 0.3) is 0 Å². The van der Waals surface area contributed by atoms with E-state index in [1.165, 1.54) is 16.7 Å². The highest BCUT2D eigenvalue weighted by atomic mass is 35.5. The Balaban J connectivity index is 1.50. The van der Waals surface area contributed by atoms with Crippen molar-refractivity contribution in [1.82, 2.24) is 15.2 Å². The zero-order chi connectivity index (χ0) is 15.8. The van der Waals surface area contributed by atoms with E-state index < -0.39 is 0 Å². The molecule has 2 aromatic heterocycles. The summed E-state index contributed by atoms with van der Waals surface area (Å²) in [5.41, 5.74) is 3.71. The average Bonchev–Trinajstić information content (AvgIpc) is 3.07. The Morgan fingerprint density at radius 3 is 2.43 bits per heavy atom. The molecule has 0 atom stereocenters. The molecule has 0 N–H and O–H groups in total. The van der Waals surface area contributed by atoms with Gasteiger partial charge in [0.05, 0.1) is 0 Å². The number of piperazine rings is 1. The van der Waals surface area contributed by atoms with Gasteiger partial charge in [-0.15, -0.1) is 10.2 Å². The van der Waals surface area contributed by atoms with Crippen molar-refractivity contribution in [3.05, 3.63) is 40.2 Å². The van der Waals surface area contributed by atoms with Gasteiger partial charge in [-0.05, 0) is 43.4 Å². The van der Waals surface area contributed by atoms with E-state index >= 15 is 0 Å². The molecule has 120 valence electrons. The number of halogens is 1. The summed E-state index contributed by atoms with van der Waals surface area (Å²) >= 11 is 6.19. The van der Waals surface area contributed by atoms with Crippen LogP contribution < -0.4 is 9.80 Å². The number of rotatable bonds is 2. The number of fused-ring (bicyclic) bond motifs is 1. The molecule has 23 heavy (non-hydrogen) atoms. The van der Waals surface area contributed by atoms with Crippen molar-refractivity contribution in [2.24, 2.45) is 0 Å². The highest BCUT2D eigenvalue weighted by molar-refractivity contribution is 6.30. The van der Waals surface area contributed by atoms with Crippen LogP contribution >= 0.6 is 11.6 Å². The Morgan fingerprint density at radius 2 is 1.70 bits per heavy atom. The van der Waals surface area contributed by atoms with Crippen LogP contribution in [0.4, 0.5) is 11.6 Å². The van der Waals surface area contributed by atoms with Gasteiger partial charge in [0.2, 0.25) is 0 Å². The van der Waals surface area contributed by atoms with Crippen LogP contribution in [0.2, 0.25) is 5.15 Å². The third kappa shape index (κ3) is 2.74. The third-order valence-corrected chi connectivity index (χ3v) is 5.07. The predicted molar refractivity (Wildman–Crippen MR) is 92.5 cm³/mol. The lowest BCUT2D eigenvalue weighted by molar-refractivity contribution is 0.635. The topological polar surface area (TPSA) is 45.2 Å². The van der Waals surface area contributed by atoms with Crippen molar-refractivity contribution in [2.75, 3.05) is 36.0 Å². The molecule has 0 bridgehead atoms. The zero-order valence-electron chi connectivity index (χ0n) is 13.3. The third-order valence-electron chi connectivity index (χ3n) is 4.77. The van der Waals surface area contributed by atoms with Crippen LogP contribution in [-0.4, -0.2) is 41.4 Å². The van der Waals surface area contributed by atoms with Crippen LogP contribution in [0.3, 0.4) is 0 Å². The second kappa shape index (κ2) is 5.96. The average molecular weight is 330 g/mol. The minimum atomic E-state index is 0.587. The zero-order valence-corrected chi connectivity index (χ0v) is 14.1. The minimum absolute atomic E-state index is 0.587. The van der Waals surface area contributed by atoms with Gasteiger partial charge in [-0.1, -0.05) is 17.7 Å². The fourth-order valence-corrected chi connectivity index (χ4v) is 3.72. The first kappa shape index (κ1) is 14.7. The largest absolute Gasteiger partial charge is 0.353 e. The molecule has 5 nitrogen and oxygen atoms in total. The molecule has 6 heteroatoms. The minimum Gasteiger partial charge on any atom is -0.353 e. The summed E-state index contributed by atoms with van der Waals surface area (Å²) in [6.07, 6.45) is 5.19. The van der Waals surface area contributed by atoms with Gasteiger partial charge in [0.25, 0.3) is 0 Å². The van der Waals surface area contributed by atoms with Crippen LogP contribution in [0, 0.1) is 6.92 Å². The van der Waals surface area contributed by atoms with Crippen LogP contribution in [-0.2, 0) is 12.8 Å². The van der Waals surface area contributed by atoms with Crippen molar-refractivity contribution in [3.8, 4) is 0 Å². The summed E-state index contributed by atoms with van der Waals surface area (Å²) in [5, 5.41) is 9.14. The van der Waals surface area contributed by atoms with Crippen molar-refractivity contribution in [1.29, 1.82) is 0 Å². The normalized spacial score (nSPS) is 17.5. The van der Waals surface area contributed by atoms with E-state index in [0.717, 1.165) is 57.1 Å². The molecule has 4 rings (SSSR count). The van der Waals surface area contributed by atoms with E-state index in [4.69, 9.17) is 11.6 Å². The Kier molecular flexibility index (Phi) is 3.81. The maximum Gasteiger partial charge on any atom is 0.155 e. The first-order valence-electron chi connectivity index (χ1n) is 8.19. The summed E-state index contributed by atoms with van der Waals surface area (Å²) in [4.78, 5) is 9.21. The van der Waals surface area contributed by atoms with Gasteiger partial charge in [-0.2, -0.15) is 0 Å². The van der Waals surface area contributed by atoms with Crippen LogP contribution in [0.15, 0.2) is 18.3 Å². The molecule has 2 aromatic rings. The fourth-order valence-electron chi connectivity index (χ4n) is 3.48. The van der Waals surface area contributed by atoms with E-state index in [2.05, 4.69) is 44.0 Å². The van der Waals surface area contributed by atoms with Gasteiger partial charge < -0.3 is 9.80 Å². The van der Waals surface area contributed by atoms with E-state index in [-0.39, 0.29) is 0 Å². The smallest absolute Gasteiger partial charge is 0.155 e. The summed E-state index contributed by atoms with van der Waals surface area (Å²) in [5.74, 6) is 2.10. The second-order valence-corrected chi connectivity index (χ2v) is 6.65. The standard InChI is InChI=1S/C17H20ClN5/c1-12-5-6-15(19-11-12)22-7-9-23(10-8-22)17-14-4-2-3-13(14)16(18)20-21-17/h5-6,11H,2-4,7-10H2,1H3. The van der Waals surface area contributed by atoms with Gasteiger partial charge in [0.1, 0.15) is 5.82 Å². The van der Waals surface area contributed by atoms with Gasteiger partial charge in [0.15, 0.2) is 11.0 Å². The lowest BCUT2D eigenvalue weighted by atomic mass is 10.1. The van der Waals surface area contributed by atoms with E-state index in [1.54, 1.807) is 0 Å². The number of aromatic nitrogens is 3. The van der Waals surface area contributed by atoms with Crippen LogP contribution in [0.5, 0.6) is 0 Å². The molecule has 2 aliphatic rings. The maximum absolute atomic E-state index is 6.19. The highest BCUT2D eigenvalue weighted by Gasteiger charge is 2.26. The lowest BCUT2D eigenvalue weighted by Crippen LogP contribution is -2.47. The molecule has 0 spiro atoms. The molecular formula is C17H20ClN5. The van der Waals surface area contributed by atoms with Crippen molar-refractivity contribution in [3.63, 3.8) is 0 Å². The van der Waals surface area contributed by atoms with Gasteiger partial charge >= 0.3 is 0 Å². The lowest BCUT2D eigenvalue weighted by Gasteiger charge is -2.36. The fraction of sp³-hybridized carbons (Fsp3) is 0.471. The van der Waals surface area contributed by atoms with E-state index in [1.807, 2.05) is 6.20 Å². The molecule has 0 radical (unpaired) electrons. The van der Waals surface area contributed by atoms with E-state index in [0.29, 0.717) is 5.15 Å². The van der Waals surface area contributed by atoms with Crippen molar-refractivity contribution in [2.45, 2.75) is 26.2 Å². The molecule has 0 unspecified atom stereocenters. The van der Waals surface area contributed by atoms with Gasteiger partial charge in [-0.3, -0.25) is 0 Å². The number of nitrogens with zero attached hydrogens (tertiary/aromatic N) is 5. The van der Waals surface area contributed by atoms with Crippen LogP contribution in [0.1, 0.15) is 23.1 Å². The number of hydrogen-bond acceptors (Lipinski definition) is 5. The van der Waals surface area contributed by atoms with Crippen molar-refractivity contribution < 1.29 is 0 Å². The summed E-state index contributed by atoms with van der Waals surface area (Å²) < 4.78 is 0. The summed E-state index contributed by atoms with van der Waals surface area (Å²) in [7, 11) is 0. The number of pyridine rings is 1. The Morgan fingerprint density at radius 1 is 0.957 bits per heavy atom. The quantitative estimate of drug-likeness (QED) is 0.847. The highest BCUT2D eigenvalue weighted by Crippen LogP contribution is 2.33. The van der Waals surface area contributed by atoms with Gasteiger partial charge in [0, 0.05) is 37.9 Å². The number of hydrogen-bond donors (Lipinski definition) is 0. The predicted octanol–water partition coefficient (Wildman–Crippen LogP) is 2.65. The Bertz CT molecular complexity index is 708. The molecule has 0 saturated carbocycles. The summed E-state index contributed by atoms with van der Waals surface area (Å²) in [6.45, 7) is 5.86. The Hall–Kier alpha value is -1.88. The monoisotopic (exact) mass is 329 g/mol. The molecule has 0 amide bonds. The van der Waals surface area contributed by atoms with E-state index in [9.17, 15) is 0 Å². The molecule has 1 aliphatic heterocycles. The van der Waals surface area contributed by atoms with Gasteiger partial charge in [-0.25, -0.2) is 4.98 Å². The molecular weight excluding hydrogens is 310 g/mol. The Labute approximate surface area is 141 Å². The molecule has 1 saturated heterocycles. The summed E-state index contributed by atoms with van der Waals surface area (Å²) in [6, 6.07) is 4.22. The second-order valence-electron chi connectivity index (χ2n) is 6.29. The van der Waals surface area contributed by atoms with Crippen molar-refractivity contribution >= 4 is 23.2 Å². The maximum atomic E-state index is 6.19. The SMILES string of the molecule is Cc1ccc(N2CCN(c3nnc(Cl)c4c3CCC4)CC2)nc1. The number of anilines is 2. The first-order valence-corrected chi connectivity index (χ1v) is 8.56. The molecule has 1 fully saturated rings. The molecule has 3 heterocycles. The molecule has 1 aliphatic carbocycles.